The molecule has 0 atom stereocenters. The number of aryl methyl sites for hydroxylation is 1. The molecule has 0 saturated carbocycles. The molecule has 4 heterocycles. The maximum atomic E-state index is 14.3. The molecule has 14 nitrogen and oxygen atoms in total. The van der Waals surface area contributed by atoms with Gasteiger partial charge in [0.2, 0.25) is 17.1 Å². The molecule has 52 heavy (non-hydrogen) atoms. The van der Waals surface area contributed by atoms with E-state index in [9.17, 15) is 57.3 Å². The van der Waals surface area contributed by atoms with Crippen molar-refractivity contribution in [3.8, 4) is 34.4 Å². The molecule has 0 fully saturated rings. The van der Waals surface area contributed by atoms with Crippen molar-refractivity contribution < 1.29 is 46.8 Å². The number of rotatable bonds is 3. The number of nitro groups is 2. The van der Waals surface area contributed by atoms with Gasteiger partial charge in [0.1, 0.15) is 26.6 Å². The molecule has 8 rings (SSSR count). The minimum atomic E-state index is -1.59. The lowest BCUT2D eigenvalue weighted by atomic mass is 10.1. The summed E-state index contributed by atoms with van der Waals surface area (Å²) in [7, 11) is 0. The lowest BCUT2D eigenvalue weighted by molar-refractivity contribution is -0.384. The number of pyridine rings is 2. The molecule has 262 valence electrons. The van der Waals surface area contributed by atoms with Crippen molar-refractivity contribution in [1.82, 2.24) is 9.13 Å². The van der Waals surface area contributed by atoms with Crippen LogP contribution in [0.2, 0.25) is 10.0 Å². The fourth-order valence-corrected chi connectivity index (χ4v) is 6.21. The Labute approximate surface area is 293 Å². The van der Waals surface area contributed by atoms with Gasteiger partial charge in [0.15, 0.2) is 40.1 Å². The molecule has 1 N–H and O–H groups in total. The zero-order valence-electron chi connectivity index (χ0n) is 25.3. The van der Waals surface area contributed by atoms with Crippen LogP contribution in [-0.4, -0.2) is 30.1 Å². The van der Waals surface area contributed by atoms with Crippen LogP contribution in [0.15, 0.2) is 58.4 Å². The molecule has 0 amide bonds. The van der Waals surface area contributed by atoms with E-state index in [-0.39, 0.29) is 54.9 Å². The first-order valence-electron chi connectivity index (χ1n) is 14.2. The van der Waals surface area contributed by atoms with Crippen LogP contribution in [0.1, 0.15) is 15.9 Å². The van der Waals surface area contributed by atoms with Gasteiger partial charge in [-0.05, 0) is 31.2 Å². The van der Waals surface area contributed by atoms with Gasteiger partial charge in [0, 0.05) is 18.0 Å². The van der Waals surface area contributed by atoms with E-state index in [1.54, 1.807) is 0 Å². The average Bonchev–Trinajstić information content (AvgIpc) is 3.08. The van der Waals surface area contributed by atoms with E-state index < -0.39 is 83.8 Å². The van der Waals surface area contributed by atoms with Crippen molar-refractivity contribution in [3.05, 3.63) is 134 Å². The van der Waals surface area contributed by atoms with Crippen LogP contribution in [-0.2, 0) is 0 Å². The number of ether oxygens (including phenoxy) is 2. The van der Waals surface area contributed by atoms with Crippen molar-refractivity contribution in [2.45, 2.75) is 6.92 Å². The molecule has 4 aromatic carbocycles. The molecule has 2 aliphatic heterocycles. The highest BCUT2D eigenvalue weighted by molar-refractivity contribution is 6.33. The van der Waals surface area contributed by atoms with E-state index in [2.05, 4.69) is 0 Å². The normalized spacial score (nSPS) is 11.9. The van der Waals surface area contributed by atoms with Crippen molar-refractivity contribution in [2.75, 3.05) is 0 Å². The lowest BCUT2D eigenvalue weighted by Crippen LogP contribution is -2.21. The average molecular weight is 759 g/mol. The summed E-state index contributed by atoms with van der Waals surface area (Å²) in [5.41, 5.74) is -2.79. The monoisotopic (exact) mass is 758 g/mol. The van der Waals surface area contributed by atoms with Crippen LogP contribution < -0.4 is 20.3 Å². The predicted octanol–water partition coefficient (Wildman–Crippen LogP) is 7.88. The van der Waals surface area contributed by atoms with Gasteiger partial charge >= 0.3 is 5.97 Å². The van der Waals surface area contributed by atoms with Crippen LogP contribution in [0.25, 0.3) is 33.2 Å². The summed E-state index contributed by atoms with van der Waals surface area (Å²) in [4.78, 5) is 56.6. The van der Waals surface area contributed by atoms with Crippen LogP contribution in [0.3, 0.4) is 0 Å². The van der Waals surface area contributed by atoms with Gasteiger partial charge in [-0.25, -0.2) is 13.6 Å². The SMILES string of the molecule is Cc1cn2c3c(c(F)c(F)cc3c1=O)Oc1cc([N+](=O)[O-])c(Cl)cc1-2.O=C(O)c1cn2c3c(c(F)c(F)cc3c1=O)Oc1cc([N+](=O)[O-])c(Cl)cc1-2. The second-order valence-electron chi connectivity index (χ2n) is 11.1. The van der Waals surface area contributed by atoms with Crippen LogP contribution in [0, 0.1) is 50.4 Å². The number of fused-ring (bicyclic) bond motifs is 4. The van der Waals surface area contributed by atoms with Crippen LogP contribution in [0.4, 0.5) is 28.9 Å². The smallest absolute Gasteiger partial charge is 0.341 e. The number of nitrogens with zero attached hydrogens (tertiary/aromatic N) is 4. The highest BCUT2D eigenvalue weighted by Crippen LogP contribution is 2.46. The number of halogens is 6. The Morgan fingerprint density at radius 1 is 0.731 bits per heavy atom. The number of benzene rings is 4. The highest BCUT2D eigenvalue weighted by atomic mass is 35.5. The Kier molecular flexibility index (Phi) is 7.69. The number of aromatic nitrogens is 2. The summed E-state index contributed by atoms with van der Waals surface area (Å²) in [6.45, 7) is 1.52. The number of aromatic carboxylic acids is 1. The Balaban J connectivity index is 0.000000162. The zero-order chi connectivity index (χ0) is 37.7. The third kappa shape index (κ3) is 4.98. The number of carbonyl (C=O) groups is 1. The van der Waals surface area contributed by atoms with Crippen molar-refractivity contribution in [1.29, 1.82) is 0 Å². The molecule has 2 aromatic heterocycles. The van der Waals surface area contributed by atoms with E-state index in [0.29, 0.717) is 6.07 Å². The fraction of sp³-hybridized carbons (Fsp3) is 0.0312. The number of carboxylic acid groups (broad SMARTS) is 1. The van der Waals surface area contributed by atoms with E-state index in [0.717, 1.165) is 35.0 Å². The van der Waals surface area contributed by atoms with Crippen LogP contribution >= 0.6 is 23.2 Å². The quantitative estimate of drug-likeness (QED) is 0.106. The van der Waals surface area contributed by atoms with Crippen molar-refractivity contribution >= 4 is 62.4 Å². The Hall–Kier alpha value is -6.53. The molecule has 0 aliphatic carbocycles. The fourth-order valence-electron chi connectivity index (χ4n) is 5.76. The minimum Gasteiger partial charge on any atom is -0.477 e. The minimum absolute atomic E-state index is 0.0246. The Bertz CT molecular complexity index is 2830. The number of nitro benzene ring substituents is 2. The summed E-state index contributed by atoms with van der Waals surface area (Å²) < 4.78 is 69.5. The van der Waals surface area contributed by atoms with Gasteiger partial charge in [-0.2, -0.15) is 8.78 Å². The second-order valence-corrected chi connectivity index (χ2v) is 11.9. The zero-order valence-corrected chi connectivity index (χ0v) is 26.8. The first kappa shape index (κ1) is 33.9. The first-order chi connectivity index (χ1) is 24.5. The maximum absolute atomic E-state index is 14.3. The molecule has 6 aromatic rings. The van der Waals surface area contributed by atoms with Gasteiger partial charge in [-0.1, -0.05) is 23.2 Å². The van der Waals surface area contributed by atoms with Gasteiger partial charge < -0.3 is 23.7 Å². The third-order valence-corrected chi connectivity index (χ3v) is 8.68. The summed E-state index contributed by atoms with van der Waals surface area (Å²) in [5, 5.41) is 30.4. The molecular formula is C32H12Cl2F4N4O10. The number of carboxylic acids is 1. The summed E-state index contributed by atoms with van der Waals surface area (Å²) in [6.07, 6.45) is 2.33. The van der Waals surface area contributed by atoms with E-state index >= 15 is 0 Å². The van der Waals surface area contributed by atoms with Gasteiger partial charge in [-0.3, -0.25) is 29.8 Å². The van der Waals surface area contributed by atoms with E-state index in [1.165, 1.54) is 23.8 Å². The molecule has 0 unspecified atom stereocenters. The predicted molar refractivity (Wildman–Crippen MR) is 174 cm³/mol. The molecule has 0 bridgehead atoms. The van der Waals surface area contributed by atoms with Gasteiger partial charge in [0.05, 0.1) is 44.1 Å². The molecular weight excluding hydrogens is 747 g/mol. The van der Waals surface area contributed by atoms with Gasteiger partial charge in [0.25, 0.3) is 11.4 Å². The molecule has 0 radical (unpaired) electrons. The molecule has 2 aliphatic rings. The Morgan fingerprint density at radius 3 is 1.58 bits per heavy atom. The topological polar surface area (TPSA) is 186 Å². The van der Waals surface area contributed by atoms with Crippen LogP contribution in [0.5, 0.6) is 23.0 Å². The molecule has 0 saturated heterocycles. The lowest BCUT2D eigenvalue weighted by Gasteiger charge is -2.24. The first-order valence-corrected chi connectivity index (χ1v) is 14.9. The standard InChI is InChI=1S/C16H5ClF2N2O6.C16H7ClF2N2O4/c17-7-2-10-11(3-9(7)21(25)26)27-15-12(19)8(18)1-5-13(15)20(10)4-6(14(5)22)16(23)24;1-6-5-20-11-3-8(17)10(21(23)24)4-12(11)25-16-13(19)9(18)2-7(14(16)20)15(6)22/h1-4H,(H,23,24);2-5H,1H3. The maximum Gasteiger partial charge on any atom is 0.341 e. The van der Waals surface area contributed by atoms with E-state index in [1.807, 2.05) is 0 Å². The number of hydrogen-bond acceptors (Lipinski definition) is 9. The van der Waals surface area contributed by atoms with Gasteiger partial charge in [-0.15, -0.1) is 0 Å². The summed E-state index contributed by atoms with van der Waals surface area (Å²) in [5.74, 6) is -8.51. The largest absolute Gasteiger partial charge is 0.477 e. The Morgan fingerprint density at radius 2 is 1.15 bits per heavy atom. The summed E-state index contributed by atoms with van der Waals surface area (Å²) in [6, 6.07) is 5.69. The summed E-state index contributed by atoms with van der Waals surface area (Å²) >= 11 is 11.8. The second kappa shape index (κ2) is 11.8. The van der Waals surface area contributed by atoms with Crippen molar-refractivity contribution in [3.63, 3.8) is 0 Å². The third-order valence-electron chi connectivity index (χ3n) is 8.08. The highest BCUT2D eigenvalue weighted by Gasteiger charge is 2.32. The molecule has 0 spiro atoms. The number of hydrogen-bond donors (Lipinski definition) is 1. The van der Waals surface area contributed by atoms with Crippen molar-refractivity contribution in [2.24, 2.45) is 0 Å². The van der Waals surface area contributed by atoms with E-state index in [4.69, 9.17) is 32.7 Å². The molecule has 20 heteroatoms.